The predicted octanol–water partition coefficient (Wildman–Crippen LogP) is 3.57. The third-order valence-corrected chi connectivity index (χ3v) is 6.11. The lowest BCUT2D eigenvalue weighted by molar-refractivity contribution is -0.109. The normalized spacial score (nSPS) is 18.6. The zero-order valence-corrected chi connectivity index (χ0v) is 17.3. The number of hydrogen-bond donors (Lipinski definition) is 0. The molecule has 0 aromatic heterocycles. The Bertz CT molecular complexity index is 545. The van der Waals surface area contributed by atoms with Crippen LogP contribution in [0.15, 0.2) is 24.3 Å². The van der Waals surface area contributed by atoms with Crippen molar-refractivity contribution in [1.29, 1.82) is 0 Å². The molecule has 0 bridgehead atoms. The molecule has 0 radical (unpaired) electrons. The number of anilines is 1. The molecule has 4 nitrogen and oxygen atoms in total. The van der Waals surface area contributed by atoms with E-state index in [1.807, 2.05) is 0 Å². The van der Waals surface area contributed by atoms with E-state index in [0.29, 0.717) is 6.73 Å². The molecule has 140 valence electrons. The predicted molar refractivity (Wildman–Crippen MR) is 108 cm³/mol. The zero-order chi connectivity index (χ0) is 18.3. The van der Waals surface area contributed by atoms with Crippen LogP contribution >= 0.6 is 0 Å². The Labute approximate surface area is 154 Å². The molecule has 0 saturated carbocycles. The molecule has 0 amide bonds. The summed E-state index contributed by atoms with van der Waals surface area (Å²) in [5, 5.41) is 0. The van der Waals surface area contributed by atoms with Crippen molar-refractivity contribution in [1.82, 2.24) is 4.90 Å². The summed E-state index contributed by atoms with van der Waals surface area (Å²) >= 11 is 0. The van der Waals surface area contributed by atoms with Crippen LogP contribution in [0.25, 0.3) is 0 Å². The van der Waals surface area contributed by atoms with Gasteiger partial charge in [0.25, 0.3) is 0 Å². The summed E-state index contributed by atoms with van der Waals surface area (Å²) in [7, 11) is 0.602. The molecule has 1 saturated heterocycles. The molecule has 1 atom stereocenters. The number of methoxy groups -OCH3 is 1. The smallest absolute Gasteiger partial charge is 0.142 e. The third-order valence-electron chi connectivity index (χ3n) is 4.71. The van der Waals surface area contributed by atoms with Crippen LogP contribution in [0.3, 0.4) is 0 Å². The molecule has 0 N–H and O–H groups in total. The maximum Gasteiger partial charge on any atom is 0.142 e. The maximum absolute atomic E-state index is 11.5. The van der Waals surface area contributed by atoms with Gasteiger partial charge in [-0.25, -0.2) is 0 Å². The Morgan fingerprint density at radius 3 is 2.72 bits per heavy atom. The number of carbonyl (C=O) groups is 1. The van der Waals surface area contributed by atoms with Gasteiger partial charge < -0.3 is 14.4 Å². The number of piperidine rings is 1. The van der Waals surface area contributed by atoms with Crippen LogP contribution in [0.1, 0.15) is 24.8 Å². The van der Waals surface area contributed by atoms with Crippen molar-refractivity contribution < 1.29 is 9.53 Å². The van der Waals surface area contributed by atoms with E-state index in [4.69, 9.17) is 4.74 Å². The molecule has 1 unspecified atom stereocenters. The Morgan fingerprint density at radius 2 is 2.04 bits per heavy atom. The molecule has 1 aromatic carbocycles. The molecule has 1 fully saturated rings. The first-order valence-electron chi connectivity index (χ1n) is 9.46. The van der Waals surface area contributed by atoms with Crippen molar-refractivity contribution in [2.45, 2.75) is 51.4 Å². The lowest BCUT2D eigenvalue weighted by Gasteiger charge is -2.36. The van der Waals surface area contributed by atoms with E-state index < -0.39 is 8.07 Å². The van der Waals surface area contributed by atoms with Crippen molar-refractivity contribution in [2.75, 3.05) is 38.0 Å². The second-order valence-corrected chi connectivity index (χ2v) is 13.7. The topological polar surface area (TPSA) is 32.8 Å². The van der Waals surface area contributed by atoms with E-state index in [9.17, 15) is 4.79 Å². The van der Waals surface area contributed by atoms with Crippen molar-refractivity contribution in [3.63, 3.8) is 0 Å². The minimum Gasteiger partial charge on any atom is -0.369 e. The average molecular weight is 363 g/mol. The monoisotopic (exact) mass is 362 g/mol. The highest BCUT2D eigenvalue weighted by Crippen LogP contribution is 2.27. The minimum absolute atomic E-state index is 0.0342. The van der Waals surface area contributed by atoms with E-state index in [2.05, 4.69) is 53.7 Å². The third kappa shape index (κ3) is 6.24. The summed E-state index contributed by atoms with van der Waals surface area (Å²) < 4.78 is 5.41. The molecular weight excluding hydrogens is 328 g/mol. The van der Waals surface area contributed by atoms with E-state index in [1.54, 1.807) is 7.11 Å². The van der Waals surface area contributed by atoms with Gasteiger partial charge in [0, 0.05) is 25.9 Å². The van der Waals surface area contributed by atoms with Crippen molar-refractivity contribution >= 4 is 20.0 Å². The molecule has 1 aliphatic heterocycles. The lowest BCUT2D eigenvalue weighted by Crippen LogP contribution is -2.43. The van der Waals surface area contributed by atoms with Gasteiger partial charge in [-0.15, -0.1) is 0 Å². The van der Waals surface area contributed by atoms with Crippen LogP contribution in [0.2, 0.25) is 19.6 Å². The fourth-order valence-corrected chi connectivity index (χ4v) is 5.31. The Morgan fingerprint density at radius 1 is 1.28 bits per heavy atom. The summed E-state index contributed by atoms with van der Waals surface area (Å²) in [4.78, 5) is 16.2. The summed E-state index contributed by atoms with van der Waals surface area (Å²) in [6.07, 6.45) is 6.56. The van der Waals surface area contributed by atoms with Crippen molar-refractivity contribution in [2.24, 2.45) is 0 Å². The quantitative estimate of drug-likeness (QED) is 0.382. The molecule has 0 spiro atoms. The molecular formula is C20H34N2O2Si. The second kappa shape index (κ2) is 9.50. The fraction of sp³-hybridized carbons (Fsp3) is 0.650. The van der Waals surface area contributed by atoms with Gasteiger partial charge in [-0.3, -0.25) is 4.90 Å². The highest BCUT2D eigenvalue weighted by molar-refractivity contribution is 6.76. The van der Waals surface area contributed by atoms with Gasteiger partial charge in [0.2, 0.25) is 0 Å². The number of aldehydes is 1. The van der Waals surface area contributed by atoms with Gasteiger partial charge in [0.05, 0.1) is 20.8 Å². The Balaban J connectivity index is 2.10. The number of ether oxygens (including phenoxy) is 1. The second-order valence-electron chi connectivity index (χ2n) is 8.30. The first kappa shape index (κ1) is 20.1. The maximum atomic E-state index is 11.5. The summed E-state index contributed by atoms with van der Waals surface area (Å²) in [5.74, 6) is 0. The van der Waals surface area contributed by atoms with Gasteiger partial charge in [-0.2, -0.15) is 0 Å². The molecule has 1 aliphatic rings. The van der Waals surface area contributed by atoms with Gasteiger partial charge in [0.1, 0.15) is 6.29 Å². The van der Waals surface area contributed by atoms with Crippen LogP contribution in [-0.2, 0) is 16.0 Å². The molecule has 0 aliphatic carbocycles. The van der Waals surface area contributed by atoms with Gasteiger partial charge in [0.15, 0.2) is 0 Å². The zero-order valence-electron chi connectivity index (χ0n) is 16.3. The summed E-state index contributed by atoms with van der Waals surface area (Å²) in [6.45, 7) is 9.85. The largest absolute Gasteiger partial charge is 0.369 e. The van der Waals surface area contributed by atoms with Crippen molar-refractivity contribution in [3.05, 3.63) is 29.8 Å². The Hall–Kier alpha value is -1.17. The van der Waals surface area contributed by atoms with Gasteiger partial charge in [-0.05, 0) is 43.5 Å². The van der Waals surface area contributed by atoms with E-state index in [-0.39, 0.29) is 6.04 Å². The van der Waals surface area contributed by atoms with Gasteiger partial charge in [-0.1, -0.05) is 37.8 Å². The Kier molecular flexibility index (Phi) is 7.66. The molecule has 2 rings (SSSR count). The molecule has 1 aromatic rings. The first-order valence-corrected chi connectivity index (χ1v) is 13.2. The van der Waals surface area contributed by atoms with Crippen LogP contribution in [0.4, 0.5) is 5.69 Å². The first-order chi connectivity index (χ1) is 11.9. The SMILES string of the molecule is COCN(CCc1ccccc1N1CCCCC1C=O)C[Si](C)(C)C. The number of carbonyl (C=O) groups excluding carboxylic acids is 1. The van der Waals surface area contributed by atoms with Gasteiger partial charge >= 0.3 is 0 Å². The minimum atomic E-state index is -1.17. The number of hydrogen-bond acceptors (Lipinski definition) is 4. The van der Waals surface area contributed by atoms with E-state index in [1.165, 1.54) is 17.7 Å². The highest BCUT2D eigenvalue weighted by atomic mass is 28.3. The number of benzene rings is 1. The highest BCUT2D eigenvalue weighted by Gasteiger charge is 2.24. The van der Waals surface area contributed by atoms with Crippen LogP contribution in [-0.4, -0.2) is 58.4 Å². The van der Waals surface area contributed by atoms with E-state index >= 15 is 0 Å². The molecule has 5 heteroatoms. The summed E-state index contributed by atoms with van der Waals surface area (Å²) in [5.41, 5.74) is 2.58. The number of nitrogens with zero attached hydrogens (tertiary/aromatic N) is 2. The fourth-order valence-electron chi connectivity index (χ4n) is 3.72. The number of rotatable bonds is 9. The molecule has 1 heterocycles. The summed E-state index contributed by atoms with van der Waals surface area (Å²) in [6, 6.07) is 8.62. The van der Waals surface area contributed by atoms with Crippen LogP contribution in [0, 0.1) is 0 Å². The molecule has 25 heavy (non-hydrogen) atoms. The van der Waals surface area contributed by atoms with E-state index in [0.717, 1.165) is 44.8 Å². The van der Waals surface area contributed by atoms with Crippen LogP contribution in [0.5, 0.6) is 0 Å². The lowest BCUT2D eigenvalue weighted by atomic mass is 10.00. The average Bonchev–Trinajstić information content (AvgIpc) is 2.59. The standard InChI is InChI=1S/C20H34N2O2Si/c1-24-16-21(17-25(2,3)4)14-12-18-9-5-6-11-20(18)22-13-8-7-10-19(22)15-23/h5-6,9,11,15,19H,7-8,10,12-14,16-17H2,1-4H3. The van der Waals surface area contributed by atoms with Crippen LogP contribution < -0.4 is 4.90 Å². The van der Waals surface area contributed by atoms with Crippen molar-refractivity contribution in [3.8, 4) is 0 Å². The number of para-hydroxylation sites is 1.